The van der Waals surface area contributed by atoms with Gasteiger partial charge >= 0.3 is 0 Å². The molecule has 1 saturated heterocycles. The molecule has 0 spiro atoms. The van der Waals surface area contributed by atoms with E-state index in [4.69, 9.17) is 9.47 Å². The molecule has 2 N–H and O–H groups in total. The van der Waals surface area contributed by atoms with Gasteiger partial charge in [0.15, 0.2) is 5.65 Å². The van der Waals surface area contributed by atoms with Crippen molar-refractivity contribution in [1.29, 1.82) is 0 Å². The van der Waals surface area contributed by atoms with Crippen LogP contribution in [0, 0.1) is 0 Å². The zero-order valence-electron chi connectivity index (χ0n) is 20.9. The Hall–Kier alpha value is -4.37. The third-order valence-electron chi connectivity index (χ3n) is 5.99. The van der Waals surface area contributed by atoms with Crippen molar-refractivity contribution in [3.05, 3.63) is 79.0 Å². The molecule has 0 saturated carbocycles. The van der Waals surface area contributed by atoms with E-state index in [9.17, 15) is 4.79 Å². The number of nitrogens with zero attached hydrogens (tertiary/aromatic N) is 4. The summed E-state index contributed by atoms with van der Waals surface area (Å²) in [6.45, 7) is 1.89. The second kappa shape index (κ2) is 11.1. The molecule has 1 amide bonds. The maximum Gasteiger partial charge on any atom is 0.246 e. The van der Waals surface area contributed by atoms with Crippen LogP contribution < -0.4 is 14.8 Å². The summed E-state index contributed by atoms with van der Waals surface area (Å²) in [4.78, 5) is 20.7. The summed E-state index contributed by atoms with van der Waals surface area (Å²) in [6.07, 6.45) is 5.82. The lowest BCUT2D eigenvalue weighted by atomic mass is 10.2. The molecule has 3 heterocycles. The first kappa shape index (κ1) is 24.3. The predicted molar refractivity (Wildman–Crippen MR) is 143 cm³/mol. The normalized spacial score (nSPS) is 15.5. The Labute approximate surface area is 215 Å². The van der Waals surface area contributed by atoms with Gasteiger partial charge in [0.2, 0.25) is 11.8 Å². The number of benzene rings is 2. The molecule has 2 aromatic carbocycles. The fourth-order valence-corrected chi connectivity index (χ4v) is 4.18. The number of likely N-dealkylation sites (N-methyl/N-ethyl adjacent to an activating group) is 1. The number of likely N-dealkylation sites (tertiary alicyclic amines) is 1. The number of aromatic nitrogens is 3. The van der Waals surface area contributed by atoms with Crippen molar-refractivity contribution < 1.29 is 14.3 Å². The summed E-state index contributed by atoms with van der Waals surface area (Å²) in [6, 6.07) is 19.3. The number of carbonyl (C=O) groups excluding carboxylic acids is 1. The number of ether oxygens (including phenoxy) is 2. The molecule has 5 rings (SSSR count). The van der Waals surface area contributed by atoms with Gasteiger partial charge in [-0.05, 0) is 44.4 Å². The Bertz CT molecular complexity index is 1390. The zero-order chi connectivity index (χ0) is 25.6. The second-order valence-corrected chi connectivity index (χ2v) is 9.16. The van der Waals surface area contributed by atoms with Crippen LogP contribution in [0.2, 0.25) is 0 Å². The van der Waals surface area contributed by atoms with Gasteiger partial charge in [-0.2, -0.15) is 0 Å². The van der Waals surface area contributed by atoms with E-state index in [0.29, 0.717) is 24.6 Å². The highest BCUT2D eigenvalue weighted by Gasteiger charge is 2.28. The van der Waals surface area contributed by atoms with E-state index in [1.807, 2.05) is 85.7 Å². The number of rotatable bonds is 9. The topological polar surface area (TPSA) is 95.6 Å². The van der Waals surface area contributed by atoms with E-state index in [2.05, 4.69) is 20.5 Å². The van der Waals surface area contributed by atoms with Crippen molar-refractivity contribution in [2.24, 2.45) is 0 Å². The number of anilines is 2. The number of carbonyl (C=O) groups is 1. The quantitative estimate of drug-likeness (QED) is 0.326. The van der Waals surface area contributed by atoms with Crippen molar-refractivity contribution in [2.75, 3.05) is 39.0 Å². The number of hydrogen-bond donors (Lipinski definition) is 2. The summed E-state index contributed by atoms with van der Waals surface area (Å²) in [7, 11) is 3.94. The largest absolute Gasteiger partial charge is 0.471 e. The van der Waals surface area contributed by atoms with Crippen molar-refractivity contribution in [3.8, 4) is 17.4 Å². The average Bonchev–Trinajstić information content (AvgIpc) is 3.53. The van der Waals surface area contributed by atoms with E-state index < -0.39 is 0 Å². The fraction of sp³-hybridized carbons (Fsp3) is 0.250. The van der Waals surface area contributed by atoms with Gasteiger partial charge in [-0.1, -0.05) is 30.3 Å². The van der Waals surface area contributed by atoms with Gasteiger partial charge in [-0.25, -0.2) is 4.98 Å². The van der Waals surface area contributed by atoms with Gasteiger partial charge in [-0.3, -0.25) is 9.89 Å². The van der Waals surface area contributed by atoms with Crippen LogP contribution in [-0.4, -0.2) is 70.7 Å². The molecule has 1 atom stereocenters. The summed E-state index contributed by atoms with van der Waals surface area (Å²) in [5, 5.41) is 11.5. The number of hydrogen-bond acceptors (Lipinski definition) is 7. The average molecular weight is 499 g/mol. The molecule has 4 aromatic rings. The SMILES string of the molecule is CN(C)CC=CC(=O)N1CCC(Oc2n[nH]c3nccc(Nc4cccc(Oc5ccccc5)c4)c23)C1. The smallest absolute Gasteiger partial charge is 0.246 e. The minimum Gasteiger partial charge on any atom is -0.471 e. The molecule has 0 radical (unpaired) electrons. The fourth-order valence-electron chi connectivity index (χ4n) is 4.18. The zero-order valence-corrected chi connectivity index (χ0v) is 20.9. The molecule has 37 heavy (non-hydrogen) atoms. The number of pyridine rings is 1. The van der Waals surface area contributed by atoms with Crippen LogP contribution in [0.5, 0.6) is 17.4 Å². The van der Waals surface area contributed by atoms with Crippen LogP contribution in [0.15, 0.2) is 79.0 Å². The highest BCUT2D eigenvalue weighted by molar-refractivity contribution is 5.95. The van der Waals surface area contributed by atoms with Gasteiger partial charge in [0, 0.05) is 43.5 Å². The molecule has 1 aliphatic rings. The van der Waals surface area contributed by atoms with E-state index in [1.165, 1.54) is 0 Å². The van der Waals surface area contributed by atoms with Crippen molar-refractivity contribution in [2.45, 2.75) is 12.5 Å². The second-order valence-electron chi connectivity index (χ2n) is 9.16. The van der Waals surface area contributed by atoms with Gasteiger partial charge in [0.25, 0.3) is 0 Å². The Kier molecular flexibility index (Phi) is 7.32. The summed E-state index contributed by atoms with van der Waals surface area (Å²) < 4.78 is 12.2. The lowest BCUT2D eigenvalue weighted by Crippen LogP contribution is -2.29. The molecule has 2 aromatic heterocycles. The number of para-hydroxylation sites is 1. The standard InChI is InChI=1S/C28H30N6O3/c1-33(2)16-7-12-25(35)34-17-14-23(19-34)37-28-26-24(13-15-29-27(26)31-32-28)30-20-8-6-11-22(18-20)36-21-9-4-3-5-10-21/h3-13,15,18,23H,14,16-17,19H2,1-2H3,(H2,29,30,31,32). The van der Waals surface area contributed by atoms with Crippen molar-refractivity contribution in [3.63, 3.8) is 0 Å². The Morgan fingerprint density at radius 1 is 1.16 bits per heavy atom. The molecular weight excluding hydrogens is 468 g/mol. The van der Waals surface area contributed by atoms with Crippen LogP contribution in [0.4, 0.5) is 11.4 Å². The summed E-state index contributed by atoms with van der Waals surface area (Å²) >= 11 is 0. The first-order chi connectivity index (χ1) is 18.0. The Balaban J connectivity index is 1.29. The minimum atomic E-state index is -0.145. The first-order valence-corrected chi connectivity index (χ1v) is 12.2. The van der Waals surface area contributed by atoms with E-state index in [1.54, 1.807) is 17.2 Å². The van der Waals surface area contributed by atoms with Crippen LogP contribution in [0.25, 0.3) is 11.0 Å². The van der Waals surface area contributed by atoms with Crippen molar-refractivity contribution >= 4 is 28.3 Å². The number of H-pyrrole nitrogens is 1. The van der Waals surface area contributed by atoms with Gasteiger partial charge in [0.1, 0.15) is 23.0 Å². The molecule has 9 nitrogen and oxygen atoms in total. The molecule has 1 aliphatic heterocycles. The number of amides is 1. The monoisotopic (exact) mass is 498 g/mol. The molecule has 1 unspecified atom stereocenters. The molecule has 9 heteroatoms. The lowest BCUT2D eigenvalue weighted by Gasteiger charge is -2.15. The van der Waals surface area contributed by atoms with Gasteiger partial charge < -0.3 is 24.6 Å². The van der Waals surface area contributed by atoms with E-state index in [-0.39, 0.29) is 12.0 Å². The molecule has 0 bridgehead atoms. The van der Waals surface area contributed by atoms with Gasteiger partial charge in [-0.15, -0.1) is 5.10 Å². The van der Waals surface area contributed by atoms with Crippen LogP contribution in [0.1, 0.15) is 6.42 Å². The Morgan fingerprint density at radius 2 is 2.00 bits per heavy atom. The highest BCUT2D eigenvalue weighted by atomic mass is 16.5. The molecule has 1 fully saturated rings. The minimum absolute atomic E-state index is 0.00135. The maximum absolute atomic E-state index is 12.5. The number of nitrogens with one attached hydrogen (secondary N) is 2. The molecule has 0 aliphatic carbocycles. The van der Waals surface area contributed by atoms with Crippen molar-refractivity contribution in [1.82, 2.24) is 25.0 Å². The highest BCUT2D eigenvalue weighted by Crippen LogP contribution is 2.33. The molecule has 190 valence electrons. The Morgan fingerprint density at radius 3 is 2.84 bits per heavy atom. The predicted octanol–water partition coefficient (Wildman–Crippen LogP) is 4.59. The van der Waals surface area contributed by atoms with E-state index >= 15 is 0 Å². The maximum atomic E-state index is 12.5. The summed E-state index contributed by atoms with van der Waals surface area (Å²) in [5.41, 5.74) is 2.28. The van der Waals surface area contributed by atoms with E-state index in [0.717, 1.165) is 41.2 Å². The molecular formula is C28H30N6O3. The third-order valence-corrected chi connectivity index (χ3v) is 5.99. The van der Waals surface area contributed by atoms with Crippen LogP contribution >= 0.6 is 0 Å². The van der Waals surface area contributed by atoms with Crippen LogP contribution in [-0.2, 0) is 4.79 Å². The summed E-state index contributed by atoms with van der Waals surface area (Å²) in [5.74, 6) is 1.96. The lowest BCUT2D eigenvalue weighted by molar-refractivity contribution is -0.125. The third kappa shape index (κ3) is 6.07. The first-order valence-electron chi connectivity index (χ1n) is 12.2. The number of fused-ring (bicyclic) bond motifs is 1. The number of aromatic amines is 1. The van der Waals surface area contributed by atoms with Crippen LogP contribution in [0.3, 0.4) is 0 Å². The van der Waals surface area contributed by atoms with Gasteiger partial charge in [0.05, 0.1) is 12.2 Å².